The Bertz CT molecular complexity index is 1030. The molecule has 3 aromatic rings. The number of carbonyl (C=O) groups is 1. The Hall–Kier alpha value is -1.44. The van der Waals surface area contributed by atoms with Gasteiger partial charge in [-0.15, -0.1) is 22.7 Å². The molecule has 25 heavy (non-hydrogen) atoms. The maximum atomic E-state index is 12.8. The quantitative estimate of drug-likeness (QED) is 0.380. The van der Waals surface area contributed by atoms with Crippen molar-refractivity contribution >= 4 is 50.4 Å². The lowest BCUT2D eigenvalue weighted by Gasteiger charge is -2.10. The molecule has 4 nitrogen and oxygen atoms in total. The topological polar surface area (TPSA) is 52.0 Å². The Morgan fingerprint density at radius 3 is 2.84 bits per heavy atom. The molecule has 0 fully saturated rings. The molecule has 4 rings (SSSR count). The van der Waals surface area contributed by atoms with Gasteiger partial charge in [-0.3, -0.25) is 14.2 Å². The van der Waals surface area contributed by atoms with E-state index in [4.69, 9.17) is 4.98 Å². The number of carbonyl (C=O) groups excluding carboxylic acids is 1. The highest BCUT2D eigenvalue weighted by Gasteiger charge is 2.21. The van der Waals surface area contributed by atoms with Crippen LogP contribution in [-0.2, 0) is 19.9 Å². The van der Waals surface area contributed by atoms with Crippen molar-refractivity contribution < 1.29 is 4.79 Å². The summed E-state index contributed by atoms with van der Waals surface area (Å²) in [5.41, 5.74) is 1.23. The highest BCUT2D eigenvalue weighted by Crippen LogP contribution is 2.34. The van der Waals surface area contributed by atoms with E-state index in [1.165, 1.54) is 40.0 Å². The van der Waals surface area contributed by atoms with Crippen molar-refractivity contribution in [2.45, 2.75) is 37.8 Å². The average Bonchev–Trinajstić information content (AvgIpc) is 3.19. The SMILES string of the molecule is Cc1ccc(C(=O)CSc2nc3sc4c(c3c(=O)n2C)CCCC4)s1. The molecule has 0 bridgehead atoms. The molecule has 0 N–H and O–H groups in total. The summed E-state index contributed by atoms with van der Waals surface area (Å²) in [4.78, 5) is 33.9. The third-order valence-electron chi connectivity index (χ3n) is 4.50. The van der Waals surface area contributed by atoms with Crippen LogP contribution >= 0.6 is 34.4 Å². The van der Waals surface area contributed by atoms with Crippen LogP contribution in [0.5, 0.6) is 0 Å². The van der Waals surface area contributed by atoms with E-state index in [0.29, 0.717) is 10.9 Å². The van der Waals surface area contributed by atoms with E-state index >= 15 is 0 Å². The van der Waals surface area contributed by atoms with Gasteiger partial charge in [0.15, 0.2) is 10.9 Å². The van der Waals surface area contributed by atoms with Crippen molar-refractivity contribution in [1.82, 2.24) is 9.55 Å². The van der Waals surface area contributed by atoms with Crippen molar-refractivity contribution in [2.24, 2.45) is 7.05 Å². The number of thioether (sulfide) groups is 1. The van der Waals surface area contributed by atoms with Gasteiger partial charge in [0.1, 0.15) is 4.83 Å². The van der Waals surface area contributed by atoms with Gasteiger partial charge in [0.05, 0.1) is 16.0 Å². The number of hydrogen-bond donors (Lipinski definition) is 0. The van der Waals surface area contributed by atoms with Gasteiger partial charge in [-0.1, -0.05) is 11.8 Å². The van der Waals surface area contributed by atoms with Gasteiger partial charge in [-0.05, 0) is 50.3 Å². The molecule has 1 aliphatic rings. The second-order valence-electron chi connectivity index (χ2n) is 6.27. The molecule has 0 aliphatic heterocycles. The first-order valence-electron chi connectivity index (χ1n) is 8.28. The molecule has 0 unspecified atom stereocenters. The third kappa shape index (κ3) is 3.09. The number of Topliss-reactive ketones (excluding diaryl/α,β-unsaturated/α-hetero) is 1. The van der Waals surface area contributed by atoms with Crippen LogP contribution < -0.4 is 5.56 Å². The van der Waals surface area contributed by atoms with Gasteiger partial charge in [0, 0.05) is 16.8 Å². The van der Waals surface area contributed by atoms with Crippen LogP contribution in [0.25, 0.3) is 10.2 Å². The van der Waals surface area contributed by atoms with Crippen LogP contribution in [0.15, 0.2) is 22.1 Å². The van der Waals surface area contributed by atoms with Crippen molar-refractivity contribution in [1.29, 1.82) is 0 Å². The summed E-state index contributed by atoms with van der Waals surface area (Å²) in [5.74, 6) is 0.388. The number of hydrogen-bond acceptors (Lipinski definition) is 6. The fourth-order valence-corrected chi connectivity index (χ4v) is 6.24. The summed E-state index contributed by atoms with van der Waals surface area (Å²) in [6, 6.07) is 3.82. The fourth-order valence-electron chi connectivity index (χ4n) is 3.18. The van der Waals surface area contributed by atoms with Crippen molar-refractivity contribution in [3.05, 3.63) is 42.7 Å². The molecule has 0 spiro atoms. The Labute approximate surface area is 157 Å². The molecule has 0 radical (unpaired) electrons. The standard InChI is InChI=1S/C18H18N2O2S3/c1-10-7-8-14(24-10)12(21)9-23-18-19-16-15(17(22)20(18)2)11-5-3-4-6-13(11)25-16/h7-8H,3-6,9H2,1-2H3. The summed E-state index contributed by atoms with van der Waals surface area (Å²) in [6.07, 6.45) is 4.37. The van der Waals surface area contributed by atoms with Gasteiger partial charge >= 0.3 is 0 Å². The summed E-state index contributed by atoms with van der Waals surface area (Å²) in [7, 11) is 1.75. The molecular formula is C18H18N2O2S3. The van der Waals surface area contributed by atoms with Crippen LogP contribution in [0.3, 0.4) is 0 Å². The molecule has 1 aliphatic carbocycles. The van der Waals surface area contributed by atoms with E-state index < -0.39 is 0 Å². The number of thiophene rings is 2. The van der Waals surface area contributed by atoms with Gasteiger partial charge in [0.2, 0.25) is 0 Å². The van der Waals surface area contributed by atoms with E-state index in [0.717, 1.165) is 39.2 Å². The van der Waals surface area contributed by atoms with Crippen molar-refractivity contribution in [3.63, 3.8) is 0 Å². The number of ketones is 1. The van der Waals surface area contributed by atoms with E-state index in [1.807, 2.05) is 19.1 Å². The first kappa shape index (κ1) is 17.0. The third-order valence-corrected chi connectivity index (χ3v) is 7.76. The van der Waals surface area contributed by atoms with E-state index in [1.54, 1.807) is 23.0 Å². The molecule has 0 amide bonds. The lowest BCUT2D eigenvalue weighted by Crippen LogP contribution is -2.21. The van der Waals surface area contributed by atoms with Crippen LogP contribution in [0.1, 0.15) is 37.8 Å². The molecule has 0 atom stereocenters. The minimum atomic E-state index is 0.0197. The predicted molar refractivity (Wildman–Crippen MR) is 106 cm³/mol. The minimum absolute atomic E-state index is 0.0197. The average molecular weight is 391 g/mol. The van der Waals surface area contributed by atoms with Crippen molar-refractivity contribution in [3.8, 4) is 0 Å². The summed E-state index contributed by atoms with van der Waals surface area (Å²) >= 11 is 4.51. The lowest BCUT2D eigenvalue weighted by atomic mass is 9.97. The maximum absolute atomic E-state index is 12.8. The van der Waals surface area contributed by atoms with E-state index in [2.05, 4.69) is 0 Å². The molecule has 0 aromatic carbocycles. The van der Waals surface area contributed by atoms with Crippen molar-refractivity contribution in [2.75, 3.05) is 5.75 Å². The molecule has 0 saturated carbocycles. The summed E-state index contributed by atoms with van der Waals surface area (Å²) in [6.45, 7) is 1.99. The molecule has 3 aromatic heterocycles. The number of fused-ring (bicyclic) bond motifs is 3. The van der Waals surface area contributed by atoms with Gasteiger partial charge in [0.25, 0.3) is 5.56 Å². The minimum Gasteiger partial charge on any atom is -0.292 e. The van der Waals surface area contributed by atoms with E-state index in [9.17, 15) is 9.59 Å². The fraction of sp³-hybridized carbons (Fsp3) is 0.389. The zero-order valence-corrected chi connectivity index (χ0v) is 16.6. The Kier molecular flexibility index (Phi) is 4.56. The second kappa shape index (κ2) is 6.70. The predicted octanol–water partition coefficient (Wildman–Crippen LogP) is 4.22. The number of rotatable bonds is 4. The first-order valence-corrected chi connectivity index (χ1v) is 10.9. The monoisotopic (exact) mass is 390 g/mol. The summed E-state index contributed by atoms with van der Waals surface area (Å²) < 4.78 is 1.60. The smallest absolute Gasteiger partial charge is 0.262 e. The zero-order chi connectivity index (χ0) is 17.6. The molecule has 7 heteroatoms. The molecule has 0 saturated heterocycles. The zero-order valence-electron chi connectivity index (χ0n) is 14.1. The first-order chi connectivity index (χ1) is 12.0. The summed E-state index contributed by atoms with van der Waals surface area (Å²) in [5, 5.41) is 1.42. The molecular weight excluding hydrogens is 372 g/mol. The number of aryl methyl sites for hydroxylation is 3. The number of nitrogens with zero attached hydrogens (tertiary/aromatic N) is 2. The van der Waals surface area contributed by atoms with Crippen LogP contribution in [-0.4, -0.2) is 21.1 Å². The van der Waals surface area contributed by atoms with Gasteiger partial charge in [-0.25, -0.2) is 4.98 Å². The van der Waals surface area contributed by atoms with E-state index in [-0.39, 0.29) is 11.3 Å². The molecule has 3 heterocycles. The maximum Gasteiger partial charge on any atom is 0.262 e. The lowest BCUT2D eigenvalue weighted by molar-refractivity contribution is 0.102. The Morgan fingerprint density at radius 1 is 1.28 bits per heavy atom. The van der Waals surface area contributed by atoms with Crippen LogP contribution in [0.4, 0.5) is 0 Å². The van der Waals surface area contributed by atoms with Gasteiger partial charge in [-0.2, -0.15) is 0 Å². The van der Waals surface area contributed by atoms with Crippen LogP contribution in [0, 0.1) is 6.92 Å². The molecule has 130 valence electrons. The Morgan fingerprint density at radius 2 is 2.08 bits per heavy atom. The highest BCUT2D eigenvalue weighted by molar-refractivity contribution is 7.99. The van der Waals surface area contributed by atoms with Gasteiger partial charge < -0.3 is 0 Å². The normalized spacial score (nSPS) is 14.0. The highest BCUT2D eigenvalue weighted by atomic mass is 32.2. The largest absolute Gasteiger partial charge is 0.292 e. The Balaban J connectivity index is 1.65. The number of aromatic nitrogens is 2. The van der Waals surface area contributed by atoms with Crippen LogP contribution in [0.2, 0.25) is 0 Å². The second-order valence-corrected chi connectivity index (χ2v) is 9.59.